The monoisotopic (exact) mass is 330 g/mol. The van der Waals surface area contributed by atoms with Gasteiger partial charge in [0.05, 0.1) is 0 Å². The quantitative estimate of drug-likeness (QED) is 0.338. The number of hydrogen-bond donors (Lipinski definition) is 0. The fourth-order valence-electron chi connectivity index (χ4n) is 3.36. The molecule has 0 saturated carbocycles. The summed E-state index contributed by atoms with van der Waals surface area (Å²) in [6.07, 6.45) is 6.26. The zero-order valence-electron chi connectivity index (χ0n) is 13.9. The Hall–Kier alpha value is -2.03. The van der Waals surface area contributed by atoms with Gasteiger partial charge < -0.3 is 0 Å². The molecule has 0 spiro atoms. The van der Waals surface area contributed by atoms with Crippen LogP contribution in [0, 0.1) is 17.5 Å². The van der Waals surface area contributed by atoms with Crippen LogP contribution in [0.1, 0.15) is 43.7 Å². The molecule has 2 aromatic carbocycles. The zero-order valence-corrected chi connectivity index (χ0v) is 13.9. The summed E-state index contributed by atoms with van der Waals surface area (Å²) in [5.74, 6) is -2.19. The third kappa shape index (κ3) is 2.66. The van der Waals surface area contributed by atoms with Gasteiger partial charge in [0, 0.05) is 11.1 Å². The van der Waals surface area contributed by atoms with Crippen molar-refractivity contribution in [2.75, 3.05) is 0 Å². The molecule has 24 heavy (non-hydrogen) atoms. The van der Waals surface area contributed by atoms with Crippen LogP contribution >= 0.6 is 0 Å². The second-order valence-electron chi connectivity index (χ2n) is 6.33. The van der Waals surface area contributed by atoms with Gasteiger partial charge in [0.1, 0.15) is 5.82 Å². The maximum atomic E-state index is 14.7. The first-order valence-electron chi connectivity index (χ1n) is 8.54. The third-order valence-corrected chi connectivity index (χ3v) is 4.71. The Labute approximate surface area is 141 Å². The van der Waals surface area contributed by atoms with Gasteiger partial charge in [-0.2, -0.15) is 0 Å². The molecule has 2 aromatic rings. The van der Waals surface area contributed by atoms with E-state index in [-0.39, 0.29) is 11.1 Å². The van der Waals surface area contributed by atoms with Crippen molar-refractivity contribution < 1.29 is 13.2 Å². The zero-order chi connectivity index (χ0) is 17.3. The average molecular weight is 330 g/mol. The average Bonchev–Trinajstić information content (AvgIpc) is 2.56. The van der Waals surface area contributed by atoms with E-state index in [0.29, 0.717) is 41.5 Å². The van der Waals surface area contributed by atoms with Crippen LogP contribution in [0.2, 0.25) is 0 Å². The van der Waals surface area contributed by atoms with Gasteiger partial charge in [-0.15, -0.1) is 6.58 Å². The van der Waals surface area contributed by atoms with Gasteiger partial charge >= 0.3 is 0 Å². The Balaban J connectivity index is 1.98. The molecule has 0 heterocycles. The van der Waals surface area contributed by atoms with Crippen molar-refractivity contribution in [2.45, 2.75) is 45.4 Å². The maximum absolute atomic E-state index is 14.7. The van der Waals surface area contributed by atoms with E-state index >= 15 is 0 Å². The van der Waals surface area contributed by atoms with Gasteiger partial charge in [-0.3, -0.25) is 0 Å². The summed E-state index contributed by atoms with van der Waals surface area (Å²) in [5, 5.41) is 0. The van der Waals surface area contributed by atoms with Crippen LogP contribution < -0.4 is 0 Å². The number of aryl methyl sites for hydroxylation is 2. The molecule has 0 aromatic heterocycles. The molecule has 0 radical (unpaired) electrons. The van der Waals surface area contributed by atoms with Crippen LogP contribution in [-0.2, 0) is 12.8 Å². The standard InChI is InChI=1S/C21H21F3/c1-3-5-7-9-13-10-11-15-16-12-14(8-6-4-2)20(23)21(24)18(16)17(15)19(13)22/h4,10-12H,2-3,5-9H2,1H3. The molecular formula is C21H21F3. The van der Waals surface area contributed by atoms with Gasteiger partial charge in [0.2, 0.25) is 0 Å². The molecule has 0 aliphatic heterocycles. The molecule has 0 nitrogen and oxygen atoms in total. The molecule has 1 aliphatic carbocycles. The van der Waals surface area contributed by atoms with E-state index in [2.05, 4.69) is 13.5 Å². The Kier molecular flexibility index (Phi) is 4.79. The Bertz CT molecular complexity index is 790. The van der Waals surface area contributed by atoms with Crippen LogP contribution in [0.5, 0.6) is 0 Å². The van der Waals surface area contributed by atoms with Crippen molar-refractivity contribution in [1.82, 2.24) is 0 Å². The molecule has 1 aliphatic rings. The summed E-state index contributed by atoms with van der Waals surface area (Å²) in [7, 11) is 0. The summed E-state index contributed by atoms with van der Waals surface area (Å²) in [6, 6.07) is 5.25. The summed E-state index contributed by atoms with van der Waals surface area (Å²) >= 11 is 0. The number of benzene rings is 2. The van der Waals surface area contributed by atoms with Crippen LogP contribution in [0.4, 0.5) is 13.2 Å². The second kappa shape index (κ2) is 6.84. The van der Waals surface area contributed by atoms with Crippen molar-refractivity contribution in [2.24, 2.45) is 0 Å². The fraction of sp³-hybridized carbons (Fsp3) is 0.333. The minimum Gasteiger partial charge on any atom is -0.206 e. The largest absolute Gasteiger partial charge is 0.206 e. The van der Waals surface area contributed by atoms with Crippen molar-refractivity contribution in [1.29, 1.82) is 0 Å². The molecule has 0 amide bonds. The molecule has 3 rings (SSSR count). The van der Waals surface area contributed by atoms with E-state index < -0.39 is 17.5 Å². The highest BCUT2D eigenvalue weighted by Gasteiger charge is 2.33. The lowest BCUT2D eigenvalue weighted by Crippen LogP contribution is -2.10. The lowest BCUT2D eigenvalue weighted by atomic mass is 9.77. The molecular weight excluding hydrogens is 309 g/mol. The molecule has 0 atom stereocenters. The number of fused-ring (bicyclic) bond motifs is 4. The molecule has 0 bridgehead atoms. The van der Waals surface area contributed by atoms with Crippen LogP contribution in [0.3, 0.4) is 0 Å². The number of hydrogen-bond acceptors (Lipinski definition) is 0. The number of rotatable bonds is 7. The first-order chi connectivity index (χ1) is 11.6. The molecule has 0 saturated heterocycles. The van der Waals surface area contributed by atoms with Gasteiger partial charge in [-0.25, -0.2) is 13.2 Å². The minimum absolute atomic E-state index is 0.0969. The molecule has 3 heteroatoms. The maximum Gasteiger partial charge on any atom is 0.167 e. The van der Waals surface area contributed by atoms with Gasteiger partial charge in [-0.05, 0) is 54.0 Å². The SMILES string of the molecule is C=CCCc1cc2c(c(F)c1F)-c1c-2ccc(CCCCC)c1F. The Morgan fingerprint density at radius 2 is 1.62 bits per heavy atom. The van der Waals surface area contributed by atoms with Crippen molar-refractivity contribution in [3.63, 3.8) is 0 Å². The van der Waals surface area contributed by atoms with Gasteiger partial charge in [-0.1, -0.05) is 38.0 Å². The van der Waals surface area contributed by atoms with Crippen molar-refractivity contribution >= 4 is 0 Å². The van der Waals surface area contributed by atoms with E-state index in [1.54, 1.807) is 18.2 Å². The smallest absolute Gasteiger partial charge is 0.167 e. The van der Waals surface area contributed by atoms with Crippen LogP contribution in [0.15, 0.2) is 30.9 Å². The van der Waals surface area contributed by atoms with Crippen molar-refractivity contribution in [3.05, 3.63) is 59.4 Å². The first-order valence-corrected chi connectivity index (χ1v) is 8.54. The number of allylic oxidation sites excluding steroid dienone is 1. The number of unbranched alkanes of at least 4 members (excludes halogenated alkanes) is 2. The molecule has 0 unspecified atom stereocenters. The topological polar surface area (TPSA) is 0 Å². The summed E-state index contributed by atoms with van der Waals surface area (Å²) < 4.78 is 43.4. The Morgan fingerprint density at radius 3 is 2.33 bits per heavy atom. The van der Waals surface area contributed by atoms with Crippen LogP contribution in [-0.4, -0.2) is 0 Å². The first kappa shape index (κ1) is 16.8. The third-order valence-electron chi connectivity index (χ3n) is 4.71. The molecule has 0 N–H and O–H groups in total. The predicted octanol–water partition coefficient (Wildman–Crippen LogP) is 6.60. The Morgan fingerprint density at radius 1 is 0.875 bits per heavy atom. The van der Waals surface area contributed by atoms with E-state index in [9.17, 15) is 13.2 Å². The fourth-order valence-corrected chi connectivity index (χ4v) is 3.36. The summed E-state index contributed by atoms with van der Waals surface area (Å²) in [6.45, 7) is 5.69. The van der Waals surface area contributed by atoms with E-state index in [1.165, 1.54) is 0 Å². The molecule has 0 fully saturated rings. The minimum atomic E-state index is -0.927. The van der Waals surface area contributed by atoms with Gasteiger partial charge in [0.15, 0.2) is 11.6 Å². The highest BCUT2D eigenvalue weighted by molar-refractivity contribution is 6.03. The lowest BCUT2D eigenvalue weighted by Gasteiger charge is -2.27. The second-order valence-corrected chi connectivity index (χ2v) is 6.33. The normalized spacial score (nSPS) is 11.7. The lowest BCUT2D eigenvalue weighted by molar-refractivity contribution is 0.499. The highest BCUT2D eigenvalue weighted by Crippen LogP contribution is 2.51. The van der Waals surface area contributed by atoms with Crippen LogP contribution in [0.25, 0.3) is 22.3 Å². The van der Waals surface area contributed by atoms with Gasteiger partial charge in [0.25, 0.3) is 0 Å². The molecule has 126 valence electrons. The van der Waals surface area contributed by atoms with E-state index in [4.69, 9.17) is 0 Å². The highest BCUT2D eigenvalue weighted by atomic mass is 19.2. The van der Waals surface area contributed by atoms with E-state index in [1.807, 2.05) is 6.07 Å². The summed E-state index contributed by atoms with van der Waals surface area (Å²) in [4.78, 5) is 0. The van der Waals surface area contributed by atoms with E-state index in [0.717, 1.165) is 19.3 Å². The predicted molar refractivity (Wildman–Crippen MR) is 92.5 cm³/mol. The summed E-state index contributed by atoms with van der Waals surface area (Å²) in [5.41, 5.74) is 2.54. The number of halogens is 3. The van der Waals surface area contributed by atoms with Crippen molar-refractivity contribution in [3.8, 4) is 22.3 Å².